The molecule has 20 heavy (non-hydrogen) atoms. The molecule has 6 nitrogen and oxygen atoms in total. The highest BCUT2D eigenvalue weighted by Gasteiger charge is 2.37. The number of carbonyl (C=O) groups is 3. The van der Waals surface area contributed by atoms with Crippen LogP contribution in [0.15, 0.2) is 0 Å². The number of carboxylic acids is 1. The molecule has 1 rings (SSSR count). The third kappa shape index (κ3) is 4.21. The highest BCUT2D eigenvalue weighted by atomic mass is 16.4. The van der Waals surface area contributed by atoms with Crippen LogP contribution in [0.5, 0.6) is 0 Å². The molecule has 1 heterocycles. The van der Waals surface area contributed by atoms with Crippen molar-refractivity contribution in [3.63, 3.8) is 0 Å². The topological polar surface area (TPSA) is 77.9 Å². The summed E-state index contributed by atoms with van der Waals surface area (Å²) < 4.78 is 0. The first kappa shape index (κ1) is 16.5. The van der Waals surface area contributed by atoms with Crippen molar-refractivity contribution < 1.29 is 19.5 Å². The van der Waals surface area contributed by atoms with Gasteiger partial charge in [-0.05, 0) is 19.8 Å². The van der Waals surface area contributed by atoms with Crippen LogP contribution in [0, 0.1) is 11.8 Å². The summed E-state index contributed by atoms with van der Waals surface area (Å²) >= 11 is 0. The fourth-order valence-electron chi connectivity index (χ4n) is 2.45. The molecule has 1 atom stereocenters. The standard InChI is InChI=1S/C14H24N2O4/c1-9(2)6-15-7-11(5-12(15)17)14(20)16(10(3)4)8-13(18)19/h9-11H,5-8H2,1-4H3,(H,18,19). The molecule has 1 N–H and O–H groups in total. The van der Waals surface area contributed by atoms with Crippen molar-refractivity contribution in [2.75, 3.05) is 19.6 Å². The smallest absolute Gasteiger partial charge is 0.323 e. The number of likely N-dealkylation sites (tertiary alicyclic amines) is 1. The van der Waals surface area contributed by atoms with Crippen molar-refractivity contribution in [1.82, 2.24) is 9.80 Å². The molecule has 1 aliphatic rings. The Kier molecular flexibility index (Phi) is 5.53. The van der Waals surface area contributed by atoms with Gasteiger partial charge in [0.2, 0.25) is 11.8 Å². The highest BCUT2D eigenvalue weighted by molar-refractivity contribution is 5.90. The first-order chi connectivity index (χ1) is 9.22. The minimum absolute atomic E-state index is 0.0175. The van der Waals surface area contributed by atoms with Gasteiger partial charge in [-0.1, -0.05) is 13.8 Å². The number of aliphatic carboxylic acids is 1. The van der Waals surface area contributed by atoms with E-state index in [1.807, 2.05) is 13.8 Å². The molecule has 0 saturated carbocycles. The number of nitrogens with zero attached hydrogens (tertiary/aromatic N) is 2. The minimum Gasteiger partial charge on any atom is -0.480 e. The summed E-state index contributed by atoms with van der Waals surface area (Å²) in [4.78, 5) is 38.1. The van der Waals surface area contributed by atoms with Crippen LogP contribution in [0.2, 0.25) is 0 Å². The van der Waals surface area contributed by atoms with Crippen molar-refractivity contribution in [1.29, 1.82) is 0 Å². The molecule has 0 radical (unpaired) electrons. The molecule has 0 aromatic heterocycles. The second-order valence-electron chi connectivity index (χ2n) is 6.05. The van der Waals surface area contributed by atoms with Gasteiger partial charge in [0.1, 0.15) is 6.54 Å². The summed E-state index contributed by atoms with van der Waals surface area (Å²) in [7, 11) is 0. The Morgan fingerprint density at radius 1 is 1.35 bits per heavy atom. The van der Waals surface area contributed by atoms with Gasteiger partial charge >= 0.3 is 5.97 Å². The molecular weight excluding hydrogens is 260 g/mol. The van der Waals surface area contributed by atoms with Gasteiger partial charge in [0, 0.05) is 25.6 Å². The van der Waals surface area contributed by atoms with Crippen LogP contribution in [0.1, 0.15) is 34.1 Å². The summed E-state index contributed by atoms with van der Waals surface area (Å²) in [5.41, 5.74) is 0. The van der Waals surface area contributed by atoms with Crippen molar-refractivity contribution in [2.45, 2.75) is 40.2 Å². The molecular formula is C14H24N2O4. The van der Waals surface area contributed by atoms with E-state index in [0.717, 1.165) is 0 Å². The molecule has 1 fully saturated rings. The number of carbonyl (C=O) groups excluding carboxylic acids is 2. The van der Waals surface area contributed by atoms with Crippen molar-refractivity contribution in [3.05, 3.63) is 0 Å². The van der Waals surface area contributed by atoms with Crippen LogP contribution >= 0.6 is 0 Å². The van der Waals surface area contributed by atoms with Crippen LogP contribution in [0.3, 0.4) is 0 Å². The maximum atomic E-state index is 12.4. The quantitative estimate of drug-likeness (QED) is 0.783. The summed E-state index contributed by atoms with van der Waals surface area (Å²) in [6.45, 7) is 8.33. The predicted molar refractivity (Wildman–Crippen MR) is 74.0 cm³/mol. The lowest BCUT2D eigenvalue weighted by atomic mass is 10.1. The van der Waals surface area contributed by atoms with Crippen LogP contribution in [0.25, 0.3) is 0 Å². The zero-order chi connectivity index (χ0) is 15.4. The van der Waals surface area contributed by atoms with Crippen molar-refractivity contribution >= 4 is 17.8 Å². The fraction of sp³-hybridized carbons (Fsp3) is 0.786. The maximum absolute atomic E-state index is 12.4. The van der Waals surface area contributed by atoms with Crippen LogP contribution in [0.4, 0.5) is 0 Å². The van der Waals surface area contributed by atoms with Gasteiger partial charge in [-0.25, -0.2) is 0 Å². The molecule has 0 aromatic rings. The number of carboxylic acid groups (broad SMARTS) is 1. The van der Waals surface area contributed by atoms with Crippen molar-refractivity contribution in [3.8, 4) is 0 Å². The van der Waals surface area contributed by atoms with Gasteiger partial charge in [-0.3, -0.25) is 14.4 Å². The minimum atomic E-state index is -1.03. The number of hydrogen-bond acceptors (Lipinski definition) is 3. The lowest BCUT2D eigenvalue weighted by Crippen LogP contribution is -2.44. The van der Waals surface area contributed by atoms with E-state index in [0.29, 0.717) is 19.0 Å². The number of hydrogen-bond donors (Lipinski definition) is 1. The zero-order valence-electron chi connectivity index (χ0n) is 12.6. The van der Waals surface area contributed by atoms with Gasteiger partial charge in [0.05, 0.1) is 5.92 Å². The molecule has 0 spiro atoms. The molecule has 0 aliphatic carbocycles. The Hall–Kier alpha value is -1.59. The van der Waals surface area contributed by atoms with E-state index in [1.165, 1.54) is 4.90 Å². The molecule has 0 aromatic carbocycles. The summed E-state index contributed by atoms with van der Waals surface area (Å²) in [5.74, 6) is -1.34. The van der Waals surface area contributed by atoms with E-state index in [1.54, 1.807) is 18.7 Å². The molecule has 1 saturated heterocycles. The third-order valence-electron chi connectivity index (χ3n) is 3.36. The Morgan fingerprint density at radius 2 is 1.95 bits per heavy atom. The Labute approximate surface area is 119 Å². The van der Waals surface area contributed by atoms with E-state index in [-0.39, 0.29) is 30.8 Å². The average Bonchev–Trinajstić information content (AvgIpc) is 2.65. The molecule has 6 heteroatoms. The normalized spacial score (nSPS) is 19.0. The zero-order valence-corrected chi connectivity index (χ0v) is 12.6. The second kappa shape index (κ2) is 6.72. The van der Waals surface area contributed by atoms with E-state index < -0.39 is 11.9 Å². The molecule has 1 aliphatic heterocycles. The van der Waals surface area contributed by atoms with E-state index >= 15 is 0 Å². The average molecular weight is 284 g/mol. The predicted octanol–water partition coefficient (Wildman–Crippen LogP) is 0.812. The summed E-state index contributed by atoms with van der Waals surface area (Å²) in [5, 5.41) is 8.88. The summed E-state index contributed by atoms with van der Waals surface area (Å²) in [6.07, 6.45) is 0.189. The Morgan fingerprint density at radius 3 is 2.40 bits per heavy atom. The highest BCUT2D eigenvalue weighted by Crippen LogP contribution is 2.22. The maximum Gasteiger partial charge on any atom is 0.323 e. The fourth-order valence-corrected chi connectivity index (χ4v) is 2.45. The third-order valence-corrected chi connectivity index (χ3v) is 3.36. The Balaban J connectivity index is 2.72. The monoisotopic (exact) mass is 284 g/mol. The van der Waals surface area contributed by atoms with Crippen molar-refractivity contribution in [2.24, 2.45) is 11.8 Å². The van der Waals surface area contributed by atoms with Gasteiger partial charge in [0.25, 0.3) is 0 Å². The largest absolute Gasteiger partial charge is 0.480 e. The molecule has 114 valence electrons. The van der Waals surface area contributed by atoms with Gasteiger partial charge in [-0.2, -0.15) is 0 Å². The first-order valence-electron chi connectivity index (χ1n) is 7.02. The van der Waals surface area contributed by atoms with Crippen LogP contribution in [-0.4, -0.2) is 58.4 Å². The van der Waals surface area contributed by atoms with E-state index in [2.05, 4.69) is 0 Å². The summed E-state index contributed by atoms with van der Waals surface area (Å²) in [6, 6.07) is -0.187. The van der Waals surface area contributed by atoms with Gasteiger partial charge in [0.15, 0.2) is 0 Å². The SMILES string of the molecule is CC(C)CN1CC(C(=O)N(CC(=O)O)C(C)C)CC1=O. The molecule has 1 unspecified atom stereocenters. The number of amides is 2. The van der Waals surface area contributed by atoms with Crippen LogP contribution < -0.4 is 0 Å². The first-order valence-corrected chi connectivity index (χ1v) is 7.02. The Bertz CT molecular complexity index is 393. The lowest BCUT2D eigenvalue weighted by Gasteiger charge is -2.27. The lowest BCUT2D eigenvalue weighted by molar-refractivity contribution is -0.147. The van der Waals surface area contributed by atoms with Gasteiger partial charge < -0.3 is 14.9 Å². The molecule has 2 amide bonds. The van der Waals surface area contributed by atoms with E-state index in [9.17, 15) is 14.4 Å². The number of rotatable bonds is 6. The molecule has 0 bridgehead atoms. The van der Waals surface area contributed by atoms with E-state index in [4.69, 9.17) is 5.11 Å². The van der Waals surface area contributed by atoms with Crippen LogP contribution in [-0.2, 0) is 14.4 Å². The van der Waals surface area contributed by atoms with Gasteiger partial charge in [-0.15, -0.1) is 0 Å². The second-order valence-corrected chi connectivity index (χ2v) is 6.05.